The van der Waals surface area contributed by atoms with E-state index >= 15 is 0 Å². The minimum absolute atomic E-state index is 0.206. The van der Waals surface area contributed by atoms with Gasteiger partial charge in [0.05, 0.1) is 18.3 Å². The summed E-state index contributed by atoms with van der Waals surface area (Å²) in [4.78, 5) is 17.4. The van der Waals surface area contributed by atoms with Crippen molar-refractivity contribution >= 4 is 17.6 Å². The number of hydrogen-bond acceptors (Lipinski definition) is 6. The fourth-order valence-electron chi connectivity index (χ4n) is 2.15. The highest BCUT2D eigenvalue weighted by atomic mass is 32.1. The Kier molecular flexibility index (Phi) is 3.87. The average molecular weight is 290 g/mol. The topological polar surface area (TPSA) is 68.2 Å². The number of nitrogens with zero attached hydrogens (tertiary/aromatic N) is 4. The van der Waals surface area contributed by atoms with Gasteiger partial charge in [-0.05, 0) is 18.6 Å². The van der Waals surface area contributed by atoms with E-state index in [9.17, 15) is 4.79 Å². The SMILES string of the molecule is O=C1CCCN1CCOc1nsnc1-c1cccnc1. The Hall–Kier alpha value is -2.02. The Balaban J connectivity index is 1.61. The number of pyridine rings is 1. The first-order valence-electron chi connectivity index (χ1n) is 6.48. The molecule has 1 aliphatic heterocycles. The van der Waals surface area contributed by atoms with Crippen LogP contribution in [0.3, 0.4) is 0 Å². The molecule has 6 nitrogen and oxygen atoms in total. The molecule has 20 heavy (non-hydrogen) atoms. The molecule has 2 aromatic heterocycles. The molecule has 0 saturated carbocycles. The molecule has 3 rings (SSSR count). The summed E-state index contributed by atoms with van der Waals surface area (Å²) < 4.78 is 14.0. The van der Waals surface area contributed by atoms with Gasteiger partial charge in [0.15, 0.2) is 0 Å². The monoisotopic (exact) mass is 290 g/mol. The minimum Gasteiger partial charge on any atom is -0.474 e. The van der Waals surface area contributed by atoms with Crippen LogP contribution in [-0.4, -0.2) is 44.2 Å². The second-order valence-electron chi connectivity index (χ2n) is 4.49. The van der Waals surface area contributed by atoms with Crippen LogP contribution in [0.15, 0.2) is 24.5 Å². The molecule has 104 valence electrons. The van der Waals surface area contributed by atoms with E-state index in [0.29, 0.717) is 31.1 Å². The van der Waals surface area contributed by atoms with Gasteiger partial charge in [-0.2, -0.15) is 4.37 Å². The van der Waals surface area contributed by atoms with E-state index in [1.54, 1.807) is 12.4 Å². The van der Waals surface area contributed by atoms with Gasteiger partial charge in [-0.15, -0.1) is 4.37 Å². The molecule has 0 bridgehead atoms. The van der Waals surface area contributed by atoms with Gasteiger partial charge in [0.2, 0.25) is 5.91 Å². The third-order valence-electron chi connectivity index (χ3n) is 3.16. The van der Waals surface area contributed by atoms with Gasteiger partial charge in [-0.25, -0.2) is 0 Å². The van der Waals surface area contributed by atoms with E-state index in [4.69, 9.17) is 4.74 Å². The van der Waals surface area contributed by atoms with Crippen molar-refractivity contribution in [2.45, 2.75) is 12.8 Å². The Morgan fingerprint density at radius 2 is 2.35 bits per heavy atom. The van der Waals surface area contributed by atoms with E-state index in [2.05, 4.69) is 13.7 Å². The van der Waals surface area contributed by atoms with E-state index in [0.717, 1.165) is 30.3 Å². The Morgan fingerprint density at radius 1 is 1.40 bits per heavy atom. The van der Waals surface area contributed by atoms with Crippen LogP contribution in [0.25, 0.3) is 11.3 Å². The van der Waals surface area contributed by atoms with Crippen LogP contribution in [0.1, 0.15) is 12.8 Å². The predicted molar refractivity (Wildman–Crippen MR) is 74.4 cm³/mol. The molecule has 1 aliphatic rings. The van der Waals surface area contributed by atoms with Crippen LogP contribution < -0.4 is 4.74 Å². The normalized spacial score (nSPS) is 14.8. The van der Waals surface area contributed by atoms with Crippen molar-refractivity contribution in [2.24, 2.45) is 0 Å². The fraction of sp³-hybridized carbons (Fsp3) is 0.385. The van der Waals surface area contributed by atoms with Crippen molar-refractivity contribution in [1.29, 1.82) is 0 Å². The number of amides is 1. The van der Waals surface area contributed by atoms with Crippen molar-refractivity contribution in [3.8, 4) is 17.1 Å². The number of ether oxygens (including phenoxy) is 1. The van der Waals surface area contributed by atoms with Gasteiger partial charge in [-0.3, -0.25) is 9.78 Å². The van der Waals surface area contributed by atoms with Gasteiger partial charge >= 0.3 is 0 Å². The summed E-state index contributed by atoms with van der Waals surface area (Å²) >= 11 is 1.11. The third kappa shape index (κ3) is 2.77. The Morgan fingerprint density at radius 3 is 3.10 bits per heavy atom. The highest BCUT2D eigenvalue weighted by Gasteiger charge is 2.20. The van der Waals surface area contributed by atoms with Crippen LogP contribution in [-0.2, 0) is 4.79 Å². The summed E-state index contributed by atoms with van der Waals surface area (Å²) in [6.45, 7) is 1.86. The lowest BCUT2D eigenvalue weighted by Gasteiger charge is -2.15. The Bertz CT molecular complexity index is 587. The molecular weight excluding hydrogens is 276 g/mol. The molecule has 0 aliphatic carbocycles. The molecule has 7 heteroatoms. The maximum atomic E-state index is 11.5. The van der Waals surface area contributed by atoms with E-state index < -0.39 is 0 Å². The number of hydrogen-bond donors (Lipinski definition) is 0. The zero-order valence-corrected chi connectivity index (χ0v) is 11.7. The first-order chi connectivity index (χ1) is 9.84. The number of likely N-dealkylation sites (tertiary alicyclic amines) is 1. The molecule has 0 spiro atoms. The lowest BCUT2D eigenvalue weighted by atomic mass is 10.2. The average Bonchev–Trinajstić information content (AvgIpc) is 3.10. The predicted octanol–water partition coefficient (Wildman–Crippen LogP) is 1.60. The van der Waals surface area contributed by atoms with Gasteiger partial charge in [-0.1, -0.05) is 0 Å². The zero-order chi connectivity index (χ0) is 13.8. The quantitative estimate of drug-likeness (QED) is 0.836. The Labute approximate surface area is 120 Å². The first-order valence-corrected chi connectivity index (χ1v) is 7.21. The maximum absolute atomic E-state index is 11.5. The zero-order valence-electron chi connectivity index (χ0n) is 10.9. The summed E-state index contributed by atoms with van der Waals surface area (Å²) in [6, 6.07) is 3.77. The van der Waals surface area contributed by atoms with Crippen molar-refractivity contribution < 1.29 is 9.53 Å². The lowest BCUT2D eigenvalue weighted by Crippen LogP contribution is -2.29. The van der Waals surface area contributed by atoms with E-state index in [-0.39, 0.29) is 5.91 Å². The van der Waals surface area contributed by atoms with Crippen molar-refractivity contribution in [2.75, 3.05) is 19.7 Å². The van der Waals surface area contributed by atoms with Gasteiger partial charge in [0.1, 0.15) is 12.3 Å². The lowest BCUT2D eigenvalue weighted by molar-refractivity contribution is -0.128. The van der Waals surface area contributed by atoms with Crippen LogP contribution in [0.5, 0.6) is 5.88 Å². The molecule has 3 heterocycles. The van der Waals surface area contributed by atoms with Gasteiger partial charge in [0, 0.05) is 30.9 Å². The molecule has 2 aromatic rings. The van der Waals surface area contributed by atoms with Crippen molar-refractivity contribution in [1.82, 2.24) is 18.6 Å². The van der Waals surface area contributed by atoms with Crippen LogP contribution in [0.2, 0.25) is 0 Å². The highest BCUT2D eigenvalue weighted by Crippen LogP contribution is 2.26. The van der Waals surface area contributed by atoms with Crippen molar-refractivity contribution in [3.05, 3.63) is 24.5 Å². The number of carbonyl (C=O) groups excluding carboxylic acids is 1. The first kappa shape index (κ1) is 13.0. The van der Waals surface area contributed by atoms with Gasteiger partial charge in [0.25, 0.3) is 5.88 Å². The van der Waals surface area contributed by atoms with E-state index in [1.165, 1.54) is 0 Å². The molecule has 0 N–H and O–H groups in total. The number of aromatic nitrogens is 3. The highest BCUT2D eigenvalue weighted by molar-refractivity contribution is 6.99. The summed E-state index contributed by atoms with van der Waals surface area (Å²) in [5, 5.41) is 0. The molecule has 0 atom stereocenters. The van der Waals surface area contributed by atoms with Crippen LogP contribution in [0.4, 0.5) is 0 Å². The summed E-state index contributed by atoms with van der Waals surface area (Å²) in [5.41, 5.74) is 1.59. The standard InChI is InChI=1S/C13H14N4O2S/c18-11-4-2-6-17(11)7-8-19-13-12(15-20-16-13)10-3-1-5-14-9-10/h1,3,5,9H,2,4,6-8H2. The van der Waals surface area contributed by atoms with Crippen molar-refractivity contribution in [3.63, 3.8) is 0 Å². The molecule has 1 saturated heterocycles. The molecule has 1 amide bonds. The molecule has 0 radical (unpaired) electrons. The second kappa shape index (κ2) is 5.96. The molecular formula is C13H14N4O2S. The molecule has 0 unspecified atom stereocenters. The summed E-state index contributed by atoms with van der Waals surface area (Å²) in [5.74, 6) is 0.715. The van der Waals surface area contributed by atoms with Crippen LogP contribution in [0, 0.1) is 0 Å². The smallest absolute Gasteiger partial charge is 0.254 e. The number of carbonyl (C=O) groups is 1. The molecule has 1 fully saturated rings. The minimum atomic E-state index is 0.206. The molecule has 0 aromatic carbocycles. The number of rotatable bonds is 5. The van der Waals surface area contributed by atoms with Gasteiger partial charge < -0.3 is 9.64 Å². The maximum Gasteiger partial charge on any atom is 0.254 e. The largest absolute Gasteiger partial charge is 0.474 e. The third-order valence-corrected chi connectivity index (χ3v) is 3.68. The second-order valence-corrected chi connectivity index (χ2v) is 5.02. The fourth-order valence-corrected chi connectivity index (χ4v) is 2.67. The summed E-state index contributed by atoms with van der Waals surface area (Å²) in [7, 11) is 0. The van der Waals surface area contributed by atoms with Crippen LogP contribution >= 0.6 is 11.7 Å². The van der Waals surface area contributed by atoms with E-state index in [1.807, 2.05) is 17.0 Å². The summed E-state index contributed by atoms with van der Waals surface area (Å²) in [6.07, 6.45) is 5.04.